The number of fused-ring (bicyclic) bond motifs is 3. The lowest BCUT2D eigenvalue weighted by atomic mass is 9.56. The minimum Gasteiger partial charge on any atom is -0.481 e. The van der Waals surface area contributed by atoms with Crippen molar-refractivity contribution in [2.75, 3.05) is 26.2 Å². The number of carboxylic acids is 1. The van der Waals surface area contributed by atoms with Crippen LogP contribution in [0.2, 0.25) is 0 Å². The van der Waals surface area contributed by atoms with Gasteiger partial charge in [0.1, 0.15) is 0 Å². The van der Waals surface area contributed by atoms with Crippen LogP contribution in [-0.4, -0.2) is 47.7 Å². The summed E-state index contributed by atoms with van der Waals surface area (Å²) in [7, 11) is 0. The lowest BCUT2D eigenvalue weighted by Gasteiger charge is -2.57. The Bertz CT molecular complexity index is 299. The molecule has 17 heavy (non-hydrogen) atoms. The van der Waals surface area contributed by atoms with Gasteiger partial charge in [-0.15, -0.1) is 0 Å². The van der Waals surface area contributed by atoms with Crippen LogP contribution in [0.3, 0.4) is 0 Å². The molecule has 0 unspecified atom stereocenters. The van der Waals surface area contributed by atoms with E-state index in [1.807, 2.05) is 0 Å². The Morgan fingerprint density at radius 3 is 2.00 bits per heavy atom. The van der Waals surface area contributed by atoms with Gasteiger partial charge in [0.05, 0.1) is 5.41 Å². The number of rotatable bonds is 2. The van der Waals surface area contributed by atoms with Crippen molar-refractivity contribution in [3.63, 3.8) is 0 Å². The highest BCUT2D eigenvalue weighted by Crippen LogP contribution is 2.54. The van der Waals surface area contributed by atoms with Crippen LogP contribution in [0.1, 0.15) is 38.5 Å². The lowest BCUT2D eigenvalue weighted by Crippen LogP contribution is -2.62. The Balaban J connectivity index is 1.74. The predicted octanol–water partition coefficient (Wildman–Crippen LogP) is 1.07. The third kappa shape index (κ3) is 1.69. The van der Waals surface area contributed by atoms with Crippen molar-refractivity contribution in [1.82, 2.24) is 10.2 Å². The van der Waals surface area contributed by atoms with Crippen molar-refractivity contribution in [2.45, 2.75) is 44.1 Å². The SMILES string of the molecule is O=C(O)C12CCC(N3CCNCC3)(CC1)CC2. The highest BCUT2D eigenvalue weighted by atomic mass is 16.4. The standard InChI is InChI=1S/C13H22N2O2/c16-11(17)12-1-4-13(5-2-12,6-3-12)15-9-7-14-8-10-15/h14H,1-10H2,(H,16,17). The molecular weight excluding hydrogens is 216 g/mol. The lowest BCUT2D eigenvalue weighted by molar-refractivity contribution is -0.160. The van der Waals surface area contributed by atoms with Gasteiger partial charge in [0.2, 0.25) is 0 Å². The molecule has 0 radical (unpaired) electrons. The average Bonchev–Trinajstić information content (AvgIpc) is 2.42. The van der Waals surface area contributed by atoms with E-state index in [0.717, 1.165) is 64.7 Å². The summed E-state index contributed by atoms with van der Waals surface area (Å²) in [6.07, 6.45) is 5.97. The molecule has 4 aliphatic rings. The van der Waals surface area contributed by atoms with E-state index in [2.05, 4.69) is 10.2 Å². The smallest absolute Gasteiger partial charge is 0.309 e. The Labute approximate surface area is 102 Å². The molecule has 2 bridgehead atoms. The summed E-state index contributed by atoms with van der Waals surface area (Å²) in [6, 6.07) is 0. The molecule has 4 fully saturated rings. The second kappa shape index (κ2) is 3.95. The normalized spacial score (nSPS) is 42.6. The first-order chi connectivity index (χ1) is 8.17. The number of hydrogen-bond acceptors (Lipinski definition) is 3. The number of aliphatic carboxylic acids is 1. The summed E-state index contributed by atoms with van der Waals surface area (Å²) in [4.78, 5) is 14.0. The second-order valence-corrected chi connectivity index (χ2v) is 6.05. The molecule has 0 amide bonds. The molecule has 1 aliphatic heterocycles. The maximum atomic E-state index is 11.4. The zero-order valence-electron chi connectivity index (χ0n) is 10.4. The third-order valence-corrected chi connectivity index (χ3v) is 5.45. The molecule has 4 nitrogen and oxygen atoms in total. The number of piperazine rings is 1. The fraction of sp³-hybridized carbons (Fsp3) is 0.923. The molecule has 3 saturated carbocycles. The van der Waals surface area contributed by atoms with E-state index in [4.69, 9.17) is 0 Å². The highest BCUT2D eigenvalue weighted by molar-refractivity contribution is 5.75. The molecule has 96 valence electrons. The summed E-state index contributed by atoms with van der Waals surface area (Å²) in [5.41, 5.74) is -0.0188. The fourth-order valence-corrected chi connectivity index (χ4v) is 4.10. The van der Waals surface area contributed by atoms with E-state index < -0.39 is 5.97 Å². The van der Waals surface area contributed by atoms with Crippen LogP contribution in [0, 0.1) is 5.41 Å². The Hall–Kier alpha value is -0.610. The monoisotopic (exact) mass is 238 g/mol. The largest absolute Gasteiger partial charge is 0.481 e. The van der Waals surface area contributed by atoms with E-state index >= 15 is 0 Å². The number of nitrogens with zero attached hydrogens (tertiary/aromatic N) is 1. The van der Waals surface area contributed by atoms with Gasteiger partial charge in [0, 0.05) is 31.7 Å². The Morgan fingerprint density at radius 1 is 1.00 bits per heavy atom. The summed E-state index contributed by atoms with van der Waals surface area (Å²) in [5.74, 6) is -0.550. The zero-order chi connectivity index (χ0) is 11.9. The van der Waals surface area contributed by atoms with Gasteiger partial charge in [-0.2, -0.15) is 0 Å². The molecule has 2 N–H and O–H groups in total. The predicted molar refractivity (Wildman–Crippen MR) is 64.9 cm³/mol. The number of carbonyl (C=O) groups is 1. The molecule has 4 rings (SSSR count). The van der Waals surface area contributed by atoms with Gasteiger partial charge in [-0.05, 0) is 38.5 Å². The van der Waals surface area contributed by atoms with E-state index in [9.17, 15) is 9.90 Å². The molecule has 1 heterocycles. The molecule has 0 aromatic carbocycles. The van der Waals surface area contributed by atoms with E-state index in [1.54, 1.807) is 0 Å². The van der Waals surface area contributed by atoms with E-state index in [0.29, 0.717) is 5.54 Å². The van der Waals surface area contributed by atoms with Crippen LogP contribution in [-0.2, 0) is 4.79 Å². The van der Waals surface area contributed by atoms with Crippen molar-refractivity contribution >= 4 is 5.97 Å². The molecule has 3 aliphatic carbocycles. The van der Waals surface area contributed by atoms with Crippen LogP contribution < -0.4 is 5.32 Å². The topological polar surface area (TPSA) is 52.6 Å². The minimum absolute atomic E-state index is 0.347. The summed E-state index contributed by atoms with van der Waals surface area (Å²) in [5, 5.41) is 12.8. The maximum Gasteiger partial charge on any atom is 0.309 e. The Morgan fingerprint density at radius 2 is 1.53 bits per heavy atom. The van der Waals surface area contributed by atoms with Crippen molar-refractivity contribution in [3.8, 4) is 0 Å². The first-order valence-electron chi connectivity index (χ1n) is 6.86. The van der Waals surface area contributed by atoms with Gasteiger partial charge < -0.3 is 10.4 Å². The third-order valence-electron chi connectivity index (χ3n) is 5.45. The number of hydrogen-bond donors (Lipinski definition) is 2. The minimum atomic E-state index is -0.550. The van der Waals surface area contributed by atoms with Gasteiger partial charge in [-0.3, -0.25) is 9.69 Å². The van der Waals surface area contributed by atoms with Crippen molar-refractivity contribution < 1.29 is 9.90 Å². The van der Waals surface area contributed by atoms with Gasteiger partial charge in [-0.25, -0.2) is 0 Å². The van der Waals surface area contributed by atoms with Crippen LogP contribution in [0.25, 0.3) is 0 Å². The van der Waals surface area contributed by atoms with Gasteiger partial charge in [-0.1, -0.05) is 0 Å². The van der Waals surface area contributed by atoms with E-state index in [1.165, 1.54) is 0 Å². The Kier molecular flexibility index (Phi) is 2.67. The first-order valence-corrected chi connectivity index (χ1v) is 6.86. The quantitative estimate of drug-likeness (QED) is 0.755. The average molecular weight is 238 g/mol. The van der Waals surface area contributed by atoms with Crippen LogP contribution >= 0.6 is 0 Å². The van der Waals surface area contributed by atoms with Crippen molar-refractivity contribution in [3.05, 3.63) is 0 Å². The van der Waals surface area contributed by atoms with Crippen LogP contribution in [0.4, 0.5) is 0 Å². The molecule has 1 saturated heterocycles. The van der Waals surface area contributed by atoms with Crippen molar-refractivity contribution in [1.29, 1.82) is 0 Å². The summed E-state index contributed by atoms with van der Waals surface area (Å²) < 4.78 is 0. The highest BCUT2D eigenvalue weighted by Gasteiger charge is 2.54. The van der Waals surface area contributed by atoms with Crippen LogP contribution in [0.5, 0.6) is 0 Å². The first kappa shape index (κ1) is 11.5. The van der Waals surface area contributed by atoms with Gasteiger partial charge in [0.25, 0.3) is 0 Å². The molecular formula is C13H22N2O2. The summed E-state index contributed by atoms with van der Waals surface area (Å²) >= 11 is 0. The van der Waals surface area contributed by atoms with Crippen LogP contribution in [0.15, 0.2) is 0 Å². The van der Waals surface area contributed by atoms with Crippen molar-refractivity contribution in [2.24, 2.45) is 5.41 Å². The molecule has 0 spiro atoms. The molecule has 0 aromatic heterocycles. The molecule has 0 aromatic rings. The summed E-state index contributed by atoms with van der Waals surface area (Å²) in [6.45, 7) is 4.46. The second-order valence-electron chi connectivity index (χ2n) is 6.05. The number of carboxylic acid groups (broad SMARTS) is 1. The molecule has 4 heteroatoms. The zero-order valence-corrected chi connectivity index (χ0v) is 10.4. The van der Waals surface area contributed by atoms with E-state index in [-0.39, 0.29) is 5.41 Å². The molecule has 0 atom stereocenters. The maximum absolute atomic E-state index is 11.4. The van der Waals surface area contributed by atoms with Gasteiger partial charge >= 0.3 is 5.97 Å². The van der Waals surface area contributed by atoms with Gasteiger partial charge in [0.15, 0.2) is 0 Å². The number of nitrogens with one attached hydrogen (secondary N) is 1. The fourth-order valence-electron chi connectivity index (χ4n) is 4.10.